The Balaban J connectivity index is 0.00000280. The molecule has 2 heterocycles. The summed E-state index contributed by atoms with van der Waals surface area (Å²) < 4.78 is 11.5. The normalized spacial score (nSPS) is 22.5. The fourth-order valence-electron chi connectivity index (χ4n) is 3.82. The molecule has 2 N–H and O–H groups in total. The average Bonchev–Trinajstić information content (AvgIpc) is 2.72. The zero-order valence-corrected chi connectivity index (χ0v) is 19.4. The molecule has 158 valence electrons. The van der Waals surface area contributed by atoms with Crippen LogP contribution in [0.1, 0.15) is 37.0 Å². The van der Waals surface area contributed by atoms with Gasteiger partial charge >= 0.3 is 0 Å². The number of ether oxygens (including phenoxy) is 2. The Labute approximate surface area is 185 Å². The molecule has 2 aliphatic rings. The van der Waals surface area contributed by atoms with Crippen molar-refractivity contribution in [2.75, 3.05) is 52.6 Å². The molecule has 7 heteroatoms. The van der Waals surface area contributed by atoms with Gasteiger partial charge in [-0.3, -0.25) is 4.99 Å². The first-order valence-electron chi connectivity index (χ1n) is 10.1. The molecule has 0 bridgehead atoms. The number of aliphatic hydroxyl groups excluding tert-OH is 1. The third-order valence-corrected chi connectivity index (χ3v) is 5.69. The highest BCUT2D eigenvalue weighted by Crippen LogP contribution is 2.30. The number of benzene rings is 1. The number of hydrogen-bond acceptors (Lipinski definition) is 4. The van der Waals surface area contributed by atoms with Gasteiger partial charge in [0.25, 0.3) is 0 Å². The lowest BCUT2D eigenvalue weighted by Gasteiger charge is -2.37. The molecule has 2 fully saturated rings. The number of rotatable bonds is 5. The lowest BCUT2D eigenvalue weighted by atomic mass is 9.81. The lowest BCUT2D eigenvalue weighted by molar-refractivity contribution is -0.0132. The smallest absolute Gasteiger partial charge is 0.194 e. The SMILES string of the molecule is CCNC(=NCC1(CO)CCOCC1)N1CCOC(c2ccccc2C)C1.I. The maximum atomic E-state index is 9.94. The van der Waals surface area contributed by atoms with E-state index >= 15 is 0 Å². The molecule has 0 amide bonds. The summed E-state index contributed by atoms with van der Waals surface area (Å²) in [4.78, 5) is 7.20. The fourth-order valence-corrected chi connectivity index (χ4v) is 3.82. The van der Waals surface area contributed by atoms with E-state index in [2.05, 4.69) is 48.3 Å². The van der Waals surface area contributed by atoms with Crippen molar-refractivity contribution in [3.05, 3.63) is 35.4 Å². The number of guanidine groups is 1. The quantitative estimate of drug-likeness (QED) is 0.368. The topological polar surface area (TPSA) is 66.3 Å². The van der Waals surface area contributed by atoms with Crippen molar-refractivity contribution < 1.29 is 14.6 Å². The molecule has 0 aliphatic carbocycles. The Bertz CT molecular complexity index is 635. The molecule has 0 spiro atoms. The monoisotopic (exact) mass is 503 g/mol. The molecular weight excluding hydrogens is 469 g/mol. The number of aliphatic imine (C=N–C) groups is 1. The van der Waals surface area contributed by atoms with Crippen LogP contribution in [0.15, 0.2) is 29.3 Å². The summed E-state index contributed by atoms with van der Waals surface area (Å²) >= 11 is 0. The highest BCUT2D eigenvalue weighted by atomic mass is 127. The van der Waals surface area contributed by atoms with Gasteiger partial charge in [0.15, 0.2) is 5.96 Å². The van der Waals surface area contributed by atoms with E-state index in [-0.39, 0.29) is 42.1 Å². The van der Waals surface area contributed by atoms with E-state index in [1.807, 2.05) is 0 Å². The van der Waals surface area contributed by atoms with Gasteiger partial charge in [0, 0.05) is 31.7 Å². The van der Waals surface area contributed by atoms with Gasteiger partial charge in [0.05, 0.1) is 26.3 Å². The number of nitrogens with zero attached hydrogens (tertiary/aromatic N) is 2. The largest absolute Gasteiger partial charge is 0.396 e. The molecule has 0 aromatic heterocycles. The Morgan fingerprint density at radius 2 is 2.04 bits per heavy atom. The van der Waals surface area contributed by atoms with Crippen LogP contribution in [0, 0.1) is 12.3 Å². The van der Waals surface area contributed by atoms with Crippen LogP contribution in [-0.2, 0) is 9.47 Å². The van der Waals surface area contributed by atoms with Gasteiger partial charge in [-0.1, -0.05) is 24.3 Å². The number of nitrogens with one attached hydrogen (secondary N) is 1. The maximum absolute atomic E-state index is 9.94. The van der Waals surface area contributed by atoms with Gasteiger partial charge in [-0.25, -0.2) is 0 Å². The zero-order chi connectivity index (χ0) is 19.1. The summed E-state index contributed by atoms with van der Waals surface area (Å²) in [6.45, 7) is 9.53. The average molecular weight is 503 g/mol. The molecule has 1 atom stereocenters. The molecule has 3 rings (SSSR count). The molecule has 1 unspecified atom stereocenters. The fraction of sp³-hybridized carbons (Fsp3) is 0.667. The van der Waals surface area contributed by atoms with Gasteiger partial charge in [-0.15, -0.1) is 24.0 Å². The molecule has 1 aromatic rings. The van der Waals surface area contributed by atoms with Crippen LogP contribution >= 0.6 is 24.0 Å². The van der Waals surface area contributed by atoms with E-state index in [0.29, 0.717) is 26.4 Å². The number of hydrogen-bond donors (Lipinski definition) is 2. The van der Waals surface area contributed by atoms with Gasteiger partial charge in [-0.05, 0) is 37.8 Å². The van der Waals surface area contributed by atoms with E-state index in [4.69, 9.17) is 14.5 Å². The Kier molecular flexibility index (Phi) is 9.46. The van der Waals surface area contributed by atoms with Gasteiger partial charge in [0.1, 0.15) is 6.10 Å². The van der Waals surface area contributed by atoms with Gasteiger partial charge < -0.3 is 24.8 Å². The third-order valence-electron chi connectivity index (χ3n) is 5.69. The summed E-state index contributed by atoms with van der Waals surface area (Å²) in [6, 6.07) is 8.41. The Morgan fingerprint density at radius 3 is 2.71 bits per heavy atom. The molecule has 0 saturated carbocycles. The van der Waals surface area contributed by atoms with E-state index in [0.717, 1.165) is 38.4 Å². The summed E-state index contributed by atoms with van der Waals surface area (Å²) in [7, 11) is 0. The Morgan fingerprint density at radius 1 is 1.29 bits per heavy atom. The van der Waals surface area contributed by atoms with Crippen LogP contribution in [0.3, 0.4) is 0 Å². The Hall–Kier alpha value is -0.900. The van der Waals surface area contributed by atoms with Crippen molar-refractivity contribution in [2.45, 2.75) is 32.8 Å². The highest BCUT2D eigenvalue weighted by molar-refractivity contribution is 14.0. The van der Waals surface area contributed by atoms with Crippen molar-refractivity contribution in [1.82, 2.24) is 10.2 Å². The van der Waals surface area contributed by atoms with Crippen LogP contribution in [-0.4, -0.2) is 68.6 Å². The van der Waals surface area contributed by atoms with E-state index in [9.17, 15) is 5.11 Å². The number of morpholine rings is 1. The predicted molar refractivity (Wildman–Crippen MR) is 122 cm³/mol. The summed E-state index contributed by atoms with van der Waals surface area (Å²) in [5.41, 5.74) is 2.35. The van der Waals surface area contributed by atoms with Crippen molar-refractivity contribution in [3.63, 3.8) is 0 Å². The minimum absolute atomic E-state index is 0. The molecule has 2 saturated heterocycles. The molecule has 2 aliphatic heterocycles. The lowest BCUT2D eigenvalue weighted by Crippen LogP contribution is -2.49. The minimum atomic E-state index is -0.152. The van der Waals surface area contributed by atoms with Gasteiger partial charge in [-0.2, -0.15) is 0 Å². The second-order valence-electron chi connectivity index (χ2n) is 7.60. The maximum Gasteiger partial charge on any atom is 0.194 e. The van der Waals surface area contributed by atoms with Crippen molar-refractivity contribution in [1.29, 1.82) is 0 Å². The number of halogens is 1. The van der Waals surface area contributed by atoms with Gasteiger partial charge in [0.2, 0.25) is 0 Å². The highest BCUT2D eigenvalue weighted by Gasteiger charge is 2.32. The third kappa shape index (κ3) is 5.81. The first-order valence-corrected chi connectivity index (χ1v) is 10.1. The number of aliphatic hydroxyl groups is 1. The van der Waals surface area contributed by atoms with Crippen LogP contribution < -0.4 is 5.32 Å². The molecule has 6 nitrogen and oxygen atoms in total. The summed E-state index contributed by atoms with van der Waals surface area (Å²) in [5, 5.41) is 13.4. The molecule has 28 heavy (non-hydrogen) atoms. The summed E-state index contributed by atoms with van der Waals surface area (Å²) in [5.74, 6) is 0.915. The summed E-state index contributed by atoms with van der Waals surface area (Å²) in [6.07, 6.45) is 1.78. The number of aryl methyl sites for hydroxylation is 1. The van der Waals surface area contributed by atoms with Crippen LogP contribution in [0.25, 0.3) is 0 Å². The first-order chi connectivity index (χ1) is 13.2. The standard InChI is InChI=1S/C21H33N3O3.HI/c1-3-22-20(23-15-21(16-25)8-11-26-12-9-21)24-10-13-27-19(14-24)18-7-5-4-6-17(18)2;/h4-7,19,25H,3,8-16H2,1-2H3,(H,22,23);1H. The van der Waals surface area contributed by atoms with Crippen LogP contribution in [0.4, 0.5) is 0 Å². The van der Waals surface area contributed by atoms with Crippen molar-refractivity contribution in [3.8, 4) is 0 Å². The van der Waals surface area contributed by atoms with E-state index < -0.39 is 0 Å². The molecule has 0 radical (unpaired) electrons. The minimum Gasteiger partial charge on any atom is -0.396 e. The molecular formula is C21H34IN3O3. The molecule has 1 aromatic carbocycles. The second-order valence-corrected chi connectivity index (χ2v) is 7.60. The second kappa shape index (κ2) is 11.3. The van der Waals surface area contributed by atoms with Crippen molar-refractivity contribution >= 4 is 29.9 Å². The van der Waals surface area contributed by atoms with Crippen molar-refractivity contribution in [2.24, 2.45) is 10.4 Å². The zero-order valence-electron chi connectivity index (χ0n) is 17.0. The van der Waals surface area contributed by atoms with Crippen LogP contribution in [0.2, 0.25) is 0 Å². The van der Waals surface area contributed by atoms with Crippen LogP contribution in [0.5, 0.6) is 0 Å². The first kappa shape index (κ1) is 23.4. The predicted octanol–water partition coefficient (Wildman–Crippen LogP) is 2.74. The van der Waals surface area contributed by atoms with E-state index in [1.165, 1.54) is 11.1 Å². The van der Waals surface area contributed by atoms with E-state index in [1.54, 1.807) is 0 Å².